The van der Waals surface area contributed by atoms with Crippen molar-refractivity contribution in [2.75, 3.05) is 6.61 Å². The number of aldehydes is 1. The fourth-order valence-corrected chi connectivity index (χ4v) is 0.861. The first kappa shape index (κ1) is 7.69. The summed E-state index contributed by atoms with van der Waals surface area (Å²) in [5.74, 6) is 0.324. The average Bonchev–Trinajstić information content (AvgIpc) is 2.34. The third-order valence-electron chi connectivity index (χ3n) is 1.43. The summed E-state index contributed by atoms with van der Waals surface area (Å²) in [6.07, 6.45) is 0.255. The van der Waals surface area contributed by atoms with Gasteiger partial charge in [-0.1, -0.05) is 13.8 Å². The maximum Gasteiger partial charge on any atom is 0.161 e. The number of hydrogen-bond acceptors (Lipinski definition) is 3. The van der Waals surface area contributed by atoms with Crippen LogP contribution in [0.3, 0.4) is 0 Å². The lowest BCUT2D eigenvalue weighted by atomic mass is 10.2. The first-order valence-corrected chi connectivity index (χ1v) is 3.46. The van der Waals surface area contributed by atoms with E-state index in [1.165, 1.54) is 0 Å². The predicted molar refractivity (Wildman–Crippen MR) is 35.5 cm³/mol. The van der Waals surface area contributed by atoms with Crippen molar-refractivity contribution in [1.29, 1.82) is 0 Å². The highest BCUT2D eigenvalue weighted by molar-refractivity contribution is 5.56. The average molecular weight is 144 g/mol. The van der Waals surface area contributed by atoms with E-state index in [0.29, 0.717) is 12.5 Å². The summed E-state index contributed by atoms with van der Waals surface area (Å²) in [5, 5.41) is 0. The summed E-state index contributed by atoms with van der Waals surface area (Å²) in [4.78, 5) is 10.2. The first-order chi connectivity index (χ1) is 4.74. The highest BCUT2D eigenvalue weighted by Gasteiger charge is 2.27. The number of carbonyl (C=O) groups is 1. The first-order valence-electron chi connectivity index (χ1n) is 3.46. The maximum absolute atomic E-state index is 10.2. The van der Waals surface area contributed by atoms with Crippen LogP contribution in [-0.4, -0.2) is 25.3 Å². The molecule has 2 atom stereocenters. The zero-order valence-corrected chi connectivity index (χ0v) is 6.24. The number of ether oxygens (including phenoxy) is 2. The van der Waals surface area contributed by atoms with Crippen molar-refractivity contribution in [2.45, 2.75) is 26.2 Å². The van der Waals surface area contributed by atoms with Crippen LogP contribution in [0.2, 0.25) is 0 Å². The molecule has 0 radical (unpaired) electrons. The molecule has 0 bridgehead atoms. The molecule has 0 saturated carbocycles. The molecule has 0 amide bonds. The molecule has 0 aromatic heterocycles. The molecule has 3 nitrogen and oxygen atoms in total. The zero-order valence-electron chi connectivity index (χ0n) is 6.24. The molecule has 10 heavy (non-hydrogen) atoms. The predicted octanol–water partition coefficient (Wildman–Crippen LogP) is 0.583. The summed E-state index contributed by atoms with van der Waals surface area (Å²) in [7, 11) is 0. The largest absolute Gasteiger partial charge is 0.349 e. The van der Waals surface area contributed by atoms with Gasteiger partial charge < -0.3 is 14.3 Å². The van der Waals surface area contributed by atoms with Crippen LogP contribution in [0, 0.1) is 5.92 Å². The standard InChI is InChI=1S/C7H12O3/c1-5(2)7-9-4-6(3-8)10-7/h3,5-7H,4H2,1-2H3/t6-,7?/m0/s1. The minimum atomic E-state index is -0.340. The van der Waals surface area contributed by atoms with Crippen LogP contribution in [0.15, 0.2) is 0 Å². The van der Waals surface area contributed by atoms with E-state index < -0.39 is 0 Å². The highest BCUT2D eigenvalue weighted by atomic mass is 16.7. The molecule has 1 aliphatic heterocycles. The van der Waals surface area contributed by atoms with E-state index in [1.54, 1.807) is 0 Å². The minimum Gasteiger partial charge on any atom is -0.349 e. The smallest absolute Gasteiger partial charge is 0.161 e. The summed E-state index contributed by atoms with van der Waals surface area (Å²) in [5.41, 5.74) is 0. The van der Waals surface area contributed by atoms with E-state index in [-0.39, 0.29) is 12.4 Å². The van der Waals surface area contributed by atoms with E-state index >= 15 is 0 Å². The molecular weight excluding hydrogens is 132 g/mol. The Bertz CT molecular complexity index is 122. The van der Waals surface area contributed by atoms with Crippen LogP contribution in [0.4, 0.5) is 0 Å². The Kier molecular flexibility index (Phi) is 2.40. The topological polar surface area (TPSA) is 35.5 Å². The van der Waals surface area contributed by atoms with Gasteiger partial charge in [-0.25, -0.2) is 0 Å². The van der Waals surface area contributed by atoms with Crippen molar-refractivity contribution in [2.24, 2.45) is 5.92 Å². The molecule has 0 N–H and O–H groups in total. The van der Waals surface area contributed by atoms with Crippen LogP contribution in [-0.2, 0) is 14.3 Å². The van der Waals surface area contributed by atoms with Crippen molar-refractivity contribution >= 4 is 6.29 Å². The van der Waals surface area contributed by atoms with Crippen molar-refractivity contribution in [3.8, 4) is 0 Å². The molecule has 0 aromatic carbocycles. The summed E-state index contributed by atoms with van der Waals surface area (Å²) in [6, 6.07) is 0. The fraction of sp³-hybridized carbons (Fsp3) is 0.857. The van der Waals surface area contributed by atoms with Gasteiger partial charge in [0.25, 0.3) is 0 Å². The summed E-state index contributed by atoms with van der Waals surface area (Å²) in [6.45, 7) is 4.40. The number of rotatable bonds is 2. The molecule has 1 saturated heterocycles. The second-order valence-corrected chi connectivity index (χ2v) is 2.76. The van der Waals surface area contributed by atoms with Crippen LogP contribution in [0.25, 0.3) is 0 Å². The molecular formula is C7H12O3. The lowest BCUT2D eigenvalue weighted by Gasteiger charge is -2.11. The van der Waals surface area contributed by atoms with Gasteiger partial charge in [0, 0.05) is 5.92 Å². The molecule has 1 heterocycles. The molecule has 0 spiro atoms. The van der Waals surface area contributed by atoms with Crippen molar-refractivity contribution in [1.82, 2.24) is 0 Å². The lowest BCUT2D eigenvalue weighted by Crippen LogP contribution is -2.18. The SMILES string of the molecule is CC(C)C1OC[C@H](C=O)O1. The highest BCUT2D eigenvalue weighted by Crippen LogP contribution is 2.16. The molecule has 3 heteroatoms. The van der Waals surface area contributed by atoms with Gasteiger partial charge in [-0.3, -0.25) is 0 Å². The second-order valence-electron chi connectivity index (χ2n) is 2.76. The quantitative estimate of drug-likeness (QED) is 0.532. The van der Waals surface area contributed by atoms with Gasteiger partial charge in [0.15, 0.2) is 12.6 Å². The lowest BCUT2D eigenvalue weighted by molar-refractivity contribution is -0.123. The Morgan fingerprint density at radius 1 is 1.60 bits per heavy atom. The molecule has 0 aliphatic carbocycles. The normalized spacial score (nSPS) is 33.1. The third-order valence-corrected chi connectivity index (χ3v) is 1.43. The third kappa shape index (κ3) is 1.55. The van der Waals surface area contributed by atoms with Crippen molar-refractivity contribution < 1.29 is 14.3 Å². The van der Waals surface area contributed by atoms with E-state index in [4.69, 9.17) is 9.47 Å². The van der Waals surface area contributed by atoms with Crippen LogP contribution < -0.4 is 0 Å². The van der Waals surface area contributed by atoms with Crippen molar-refractivity contribution in [3.63, 3.8) is 0 Å². The molecule has 0 aromatic rings. The van der Waals surface area contributed by atoms with Gasteiger partial charge in [0.1, 0.15) is 6.10 Å². The number of hydrogen-bond donors (Lipinski definition) is 0. The van der Waals surface area contributed by atoms with E-state index in [0.717, 1.165) is 6.29 Å². The van der Waals surface area contributed by atoms with E-state index in [1.807, 2.05) is 13.8 Å². The molecule has 58 valence electrons. The Balaban J connectivity index is 2.35. The molecule has 1 unspecified atom stereocenters. The summed E-state index contributed by atoms with van der Waals surface area (Å²) >= 11 is 0. The summed E-state index contributed by atoms with van der Waals surface area (Å²) < 4.78 is 10.3. The minimum absolute atomic E-state index is 0.185. The monoisotopic (exact) mass is 144 g/mol. The van der Waals surface area contributed by atoms with Gasteiger partial charge >= 0.3 is 0 Å². The zero-order chi connectivity index (χ0) is 7.56. The Morgan fingerprint density at radius 2 is 2.30 bits per heavy atom. The Morgan fingerprint density at radius 3 is 2.60 bits per heavy atom. The Hall–Kier alpha value is -0.410. The van der Waals surface area contributed by atoms with E-state index in [2.05, 4.69) is 0 Å². The molecule has 1 fully saturated rings. The maximum atomic E-state index is 10.2. The van der Waals surface area contributed by atoms with E-state index in [9.17, 15) is 4.79 Å². The fourth-order valence-electron chi connectivity index (χ4n) is 0.861. The van der Waals surface area contributed by atoms with Gasteiger partial charge in [-0.2, -0.15) is 0 Å². The second kappa shape index (κ2) is 3.12. The van der Waals surface area contributed by atoms with Gasteiger partial charge in [0.2, 0.25) is 0 Å². The molecule has 1 aliphatic rings. The van der Waals surface area contributed by atoms with Gasteiger partial charge in [-0.15, -0.1) is 0 Å². The van der Waals surface area contributed by atoms with Gasteiger partial charge in [-0.05, 0) is 0 Å². The van der Waals surface area contributed by atoms with Crippen LogP contribution >= 0.6 is 0 Å². The van der Waals surface area contributed by atoms with Crippen molar-refractivity contribution in [3.05, 3.63) is 0 Å². The van der Waals surface area contributed by atoms with Crippen LogP contribution in [0.1, 0.15) is 13.8 Å². The van der Waals surface area contributed by atoms with Gasteiger partial charge in [0.05, 0.1) is 6.61 Å². The van der Waals surface area contributed by atoms with Crippen LogP contribution in [0.5, 0.6) is 0 Å². The molecule has 1 rings (SSSR count). The Labute approximate surface area is 60.3 Å². The number of carbonyl (C=O) groups excluding carboxylic acids is 1.